The Bertz CT molecular complexity index is 995. The molecule has 2 N–H and O–H groups in total. The number of carbonyl (C=O) groups excluding carboxylic acids is 2. The molecule has 0 aliphatic carbocycles. The maximum atomic E-state index is 13.0. The summed E-state index contributed by atoms with van der Waals surface area (Å²) in [5.41, 5.74) is 0.997. The summed E-state index contributed by atoms with van der Waals surface area (Å²) < 4.78 is 5.74. The van der Waals surface area contributed by atoms with Gasteiger partial charge >= 0.3 is 0 Å². The summed E-state index contributed by atoms with van der Waals surface area (Å²) in [5.74, 6) is -0.673. The van der Waals surface area contributed by atoms with Crippen molar-refractivity contribution in [1.29, 1.82) is 0 Å². The number of phenolic OH excluding ortho intramolecular Hbond substituents is 1. The standard InChI is InChI=1S/C25H29NO5/c1-4-5-12-26-22(17-8-6-10-19(27)13-17)21(24(29)25(26)30)23(28)18-9-7-11-20(14-18)31-15-16(2)3/h6-11,13-14,16,22,27-28H,4-5,12,15H2,1-3H3/b23-21-. The highest BCUT2D eigenvalue weighted by molar-refractivity contribution is 6.46. The van der Waals surface area contributed by atoms with Gasteiger partial charge in [-0.15, -0.1) is 0 Å². The molecule has 1 aliphatic rings. The second-order valence-electron chi connectivity index (χ2n) is 8.17. The van der Waals surface area contributed by atoms with Crippen LogP contribution in [0.25, 0.3) is 5.76 Å². The lowest BCUT2D eigenvalue weighted by Gasteiger charge is -2.25. The summed E-state index contributed by atoms with van der Waals surface area (Å²) in [7, 11) is 0. The molecule has 1 aliphatic heterocycles. The predicted molar refractivity (Wildman–Crippen MR) is 119 cm³/mol. The van der Waals surface area contributed by atoms with Gasteiger partial charge in [0.2, 0.25) is 0 Å². The summed E-state index contributed by atoms with van der Waals surface area (Å²) in [6.07, 6.45) is 1.58. The third-order valence-electron chi connectivity index (χ3n) is 5.17. The Labute approximate surface area is 182 Å². The lowest BCUT2D eigenvalue weighted by molar-refractivity contribution is -0.139. The van der Waals surface area contributed by atoms with Gasteiger partial charge in [0.1, 0.15) is 17.3 Å². The van der Waals surface area contributed by atoms with Gasteiger partial charge < -0.3 is 19.8 Å². The zero-order valence-electron chi connectivity index (χ0n) is 18.2. The summed E-state index contributed by atoms with van der Waals surface area (Å²) >= 11 is 0. The van der Waals surface area contributed by atoms with Crippen LogP contribution in [-0.2, 0) is 9.59 Å². The number of carbonyl (C=O) groups is 2. The zero-order valence-corrected chi connectivity index (χ0v) is 18.2. The van der Waals surface area contributed by atoms with Crippen LogP contribution in [0.4, 0.5) is 0 Å². The largest absolute Gasteiger partial charge is 0.508 e. The van der Waals surface area contributed by atoms with E-state index in [0.29, 0.717) is 35.9 Å². The van der Waals surface area contributed by atoms with E-state index < -0.39 is 17.7 Å². The molecule has 0 spiro atoms. The van der Waals surface area contributed by atoms with E-state index >= 15 is 0 Å². The minimum absolute atomic E-state index is 0.0210. The zero-order chi connectivity index (χ0) is 22.5. The van der Waals surface area contributed by atoms with Crippen LogP contribution in [0.3, 0.4) is 0 Å². The molecule has 6 heteroatoms. The van der Waals surface area contributed by atoms with E-state index in [-0.39, 0.29) is 17.1 Å². The molecule has 1 saturated heterocycles. The molecule has 1 unspecified atom stereocenters. The fourth-order valence-electron chi connectivity index (χ4n) is 3.63. The molecule has 2 aromatic rings. The molecule has 6 nitrogen and oxygen atoms in total. The van der Waals surface area contributed by atoms with Gasteiger partial charge in [-0.25, -0.2) is 0 Å². The number of likely N-dealkylation sites (tertiary alicyclic amines) is 1. The molecule has 0 saturated carbocycles. The van der Waals surface area contributed by atoms with E-state index in [2.05, 4.69) is 0 Å². The third kappa shape index (κ3) is 4.90. The second-order valence-corrected chi connectivity index (χ2v) is 8.17. The highest BCUT2D eigenvalue weighted by atomic mass is 16.5. The minimum Gasteiger partial charge on any atom is -0.508 e. The smallest absolute Gasteiger partial charge is 0.295 e. The molecule has 164 valence electrons. The number of ether oxygens (including phenoxy) is 1. The first-order valence-corrected chi connectivity index (χ1v) is 10.6. The van der Waals surface area contributed by atoms with Crippen LogP contribution in [0, 0.1) is 5.92 Å². The van der Waals surface area contributed by atoms with Crippen LogP contribution < -0.4 is 4.74 Å². The summed E-state index contributed by atoms with van der Waals surface area (Å²) in [6.45, 7) is 6.99. The fourth-order valence-corrected chi connectivity index (χ4v) is 3.63. The van der Waals surface area contributed by atoms with Gasteiger partial charge in [-0.3, -0.25) is 9.59 Å². The van der Waals surface area contributed by atoms with Crippen molar-refractivity contribution in [2.45, 2.75) is 39.7 Å². The van der Waals surface area contributed by atoms with Crippen molar-refractivity contribution >= 4 is 17.4 Å². The highest BCUT2D eigenvalue weighted by Crippen LogP contribution is 2.40. The van der Waals surface area contributed by atoms with Crippen LogP contribution in [0.2, 0.25) is 0 Å². The first-order valence-electron chi connectivity index (χ1n) is 10.6. The number of unbranched alkanes of at least 4 members (excludes halogenated alkanes) is 1. The molecule has 31 heavy (non-hydrogen) atoms. The molecule has 1 heterocycles. The highest BCUT2D eigenvalue weighted by Gasteiger charge is 2.45. The molecular formula is C25H29NO5. The molecule has 0 aromatic heterocycles. The molecule has 1 atom stereocenters. The van der Waals surface area contributed by atoms with Crippen molar-refractivity contribution in [1.82, 2.24) is 4.90 Å². The number of Topliss-reactive ketones (excluding diaryl/α,β-unsaturated/α-hetero) is 1. The number of aliphatic hydroxyl groups is 1. The van der Waals surface area contributed by atoms with Crippen LogP contribution in [0.5, 0.6) is 11.5 Å². The summed E-state index contributed by atoms with van der Waals surface area (Å²) in [6, 6.07) is 12.5. The Morgan fingerprint density at radius 1 is 1.13 bits per heavy atom. The molecule has 0 radical (unpaired) electrons. The molecule has 2 aromatic carbocycles. The number of aromatic hydroxyl groups is 1. The van der Waals surface area contributed by atoms with Gasteiger partial charge in [0.05, 0.1) is 18.2 Å². The van der Waals surface area contributed by atoms with Crippen molar-refractivity contribution in [3.05, 3.63) is 65.2 Å². The Morgan fingerprint density at radius 2 is 1.87 bits per heavy atom. The SMILES string of the molecule is CCCCN1C(=O)C(=O)/C(=C(\O)c2cccc(OCC(C)C)c2)C1c1cccc(O)c1. The Balaban J connectivity index is 2.09. The number of benzene rings is 2. The Hall–Kier alpha value is -3.28. The van der Waals surface area contributed by atoms with E-state index in [1.807, 2.05) is 20.8 Å². The number of phenols is 1. The Morgan fingerprint density at radius 3 is 2.55 bits per heavy atom. The first kappa shape index (κ1) is 22.4. The number of aliphatic hydroxyl groups excluding tert-OH is 1. The fraction of sp³-hybridized carbons (Fsp3) is 0.360. The van der Waals surface area contributed by atoms with E-state index in [0.717, 1.165) is 12.8 Å². The van der Waals surface area contributed by atoms with Gasteiger partial charge in [-0.2, -0.15) is 0 Å². The van der Waals surface area contributed by atoms with Crippen LogP contribution in [-0.4, -0.2) is 40.0 Å². The first-order chi connectivity index (χ1) is 14.8. The van der Waals surface area contributed by atoms with Crippen LogP contribution in [0.15, 0.2) is 54.1 Å². The van der Waals surface area contributed by atoms with E-state index in [4.69, 9.17) is 4.74 Å². The number of hydrogen-bond acceptors (Lipinski definition) is 5. The van der Waals surface area contributed by atoms with Crippen molar-refractivity contribution in [3.8, 4) is 11.5 Å². The maximum absolute atomic E-state index is 13.0. The third-order valence-corrected chi connectivity index (χ3v) is 5.17. The second kappa shape index (κ2) is 9.69. The lowest BCUT2D eigenvalue weighted by Crippen LogP contribution is -2.30. The van der Waals surface area contributed by atoms with Crippen LogP contribution >= 0.6 is 0 Å². The number of hydrogen-bond donors (Lipinski definition) is 2. The number of nitrogens with zero attached hydrogens (tertiary/aromatic N) is 1. The normalized spacial score (nSPS) is 18.1. The van der Waals surface area contributed by atoms with Gasteiger partial charge in [0.25, 0.3) is 11.7 Å². The lowest BCUT2D eigenvalue weighted by atomic mass is 9.95. The van der Waals surface area contributed by atoms with Crippen molar-refractivity contribution < 1.29 is 24.5 Å². The van der Waals surface area contributed by atoms with E-state index in [1.54, 1.807) is 36.4 Å². The number of rotatable bonds is 8. The molecular weight excluding hydrogens is 394 g/mol. The van der Waals surface area contributed by atoms with Crippen LogP contribution in [0.1, 0.15) is 50.8 Å². The molecule has 0 bridgehead atoms. The monoisotopic (exact) mass is 423 g/mol. The van der Waals surface area contributed by atoms with E-state index in [9.17, 15) is 19.8 Å². The van der Waals surface area contributed by atoms with Gasteiger partial charge in [-0.1, -0.05) is 51.5 Å². The molecule has 3 rings (SSSR count). The Kier molecular flexibility index (Phi) is 7.00. The maximum Gasteiger partial charge on any atom is 0.295 e. The van der Waals surface area contributed by atoms with E-state index in [1.165, 1.54) is 17.0 Å². The van der Waals surface area contributed by atoms with Crippen molar-refractivity contribution in [3.63, 3.8) is 0 Å². The molecule has 1 fully saturated rings. The summed E-state index contributed by atoms with van der Waals surface area (Å²) in [4.78, 5) is 27.3. The topological polar surface area (TPSA) is 87.1 Å². The number of amides is 1. The van der Waals surface area contributed by atoms with Gasteiger partial charge in [0.15, 0.2) is 0 Å². The minimum atomic E-state index is -0.765. The number of ketones is 1. The predicted octanol–water partition coefficient (Wildman–Crippen LogP) is 4.65. The van der Waals surface area contributed by atoms with Crippen molar-refractivity contribution in [2.75, 3.05) is 13.2 Å². The van der Waals surface area contributed by atoms with Crippen molar-refractivity contribution in [2.24, 2.45) is 5.92 Å². The van der Waals surface area contributed by atoms with Gasteiger partial charge in [0, 0.05) is 12.1 Å². The van der Waals surface area contributed by atoms with Gasteiger partial charge in [-0.05, 0) is 42.2 Å². The molecule has 1 amide bonds. The quantitative estimate of drug-likeness (QED) is 0.367. The average molecular weight is 424 g/mol. The average Bonchev–Trinajstić information content (AvgIpc) is 3.00. The summed E-state index contributed by atoms with van der Waals surface area (Å²) in [5, 5.41) is 21.1.